The highest BCUT2D eigenvalue weighted by Crippen LogP contribution is 2.25. The SMILES string of the molecule is C=CCN(C(=O)CNC(=O)OC(C)(C)C)C(C(=O)Nc1ccc(OC)cc1)c1ccc(CC)cc1. The molecule has 1 unspecified atom stereocenters. The Balaban J connectivity index is 2.32. The molecule has 2 N–H and O–H groups in total. The number of carbonyl (C=O) groups excluding carboxylic acids is 3. The fourth-order valence-corrected chi connectivity index (χ4v) is 3.35. The number of hydrogen-bond donors (Lipinski definition) is 2. The van der Waals surface area contributed by atoms with E-state index in [0.29, 0.717) is 17.0 Å². The molecule has 0 radical (unpaired) electrons. The average molecular weight is 482 g/mol. The van der Waals surface area contributed by atoms with Gasteiger partial charge in [-0.3, -0.25) is 9.59 Å². The predicted molar refractivity (Wildman–Crippen MR) is 136 cm³/mol. The Morgan fingerprint density at radius 1 is 1.06 bits per heavy atom. The summed E-state index contributed by atoms with van der Waals surface area (Å²) in [5, 5.41) is 5.35. The molecule has 0 fully saturated rings. The van der Waals surface area contributed by atoms with E-state index in [4.69, 9.17) is 9.47 Å². The maximum Gasteiger partial charge on any atom is 0.408 e. The zero-order chi connectivity index (χ0) is 26.0. The van der Waals surface area contributed by atoms with Crippen molar-refractivity contribution in [1.29, 1.82) is 0 Å². The third-order valence-electron chi connectivity index (χ3n) is 5.05. The number of nitrogens with zero attached hydrogens (tertiary/aromatic N) is 1. The summed E-state index contributed by atoms with van der Waals surface area (Å²) in [4.78, 5) is 40.1. The molecule has 2 aromatic rings. The normalized spacial score (nSPS) is 11.7. The monoisotopic (exact) mass is 481 g/mol. The molecule has 0 heterocycles. The highest BCUT2D eigenvalue weighted by atomic mass is 16.6. The summed E-state index contributed by atoms with van der Waals surface area (Å²) in [6.07, 6.45) is 1.67. The van der Waals surface area contributed by atoms with Crippen molar-refractivity contribution in [1.82, 2.24) is 10.2 Å². The Morgan fingerprint density at radius 2 is 1.69 bits per heavy atom. The molecule has 1 atom stereocenters. The highest BCUT2D eigenvalue weighted by molar-refractivity contribution is 5.98. The van der Waals surface area contributed by atoms with E-state index in [0.717, 1.165) is 12.0 Å². The first kappa shape index (κ1) is 27.4. The third kappa shape index (κ3) is 8.48. The molecule has 0 aliphatic rings. The molecule has 35 heavy (non-hydrogen) atoms. The minimum Gasteiger partial charge on any atom is -0.497 e. The number of methoxy groups -OCH3 is 1. The Labute approximate surface area is 207 Å². The second-order valence-electron chi connectivity index (χ2n) is 8.91. The lowest BCUT2D eigenvalue weighted by Crippen LogP contribution is -2.46. The van der Waals surface area contributed by atoms with Gasteiger partial charge in [-0.1, -0.05) is 37.3 Å². The topological polar surface area (TPSA) is 97.0 Å². The summed E-state index contributed by atoms with van der Waals surface area (Å²) < 4.78 is 10.4. The molecule has 188 valence electrons. The van der Waals surface area contributed by atoms with Crippen LogP contribution in [0.1, 0.15) is 44.9 Å². The molecule has 0 aromatic heterocycles. The van der Waals surface area contributed by atoms with Crippen LogP contribution in [0.2, 0.25) is 0 Å². The minimum atomic E-state index is -0.950. The van der Waals surface area contributed by atoms with Crippen LogP contribution in [0.5, 0.6) is 5.75 Å². The fraction of sp³-hybridized carbons (Fsp3) is 0.370. The van der Waals surface area contributed by atoms with Crippen LogP contribution in [0.3, 0.4) is 0 Å². The lowest BCUT2D eigenvalue weighted by molar-refractivity contribution is -0.137. The summed E-state index contributed by atoms with van der Waals surface area (Å²) in [6.45, 7) is 10.8. The van der Waals surface area contributed by atoms with Gasteiger partial charge in [0.15, 0.2) is 0 Å². The van der Waals surface area contributed by atoms with Crippen molar-refractivity contribution in [2.24, 2.45) is 0 Å². The van der Waals surface area contributed by atoms with Crippen LogP contribution in [0, 0.1) is 0 Å². The molecule has 0 spiro atoms. The maximum absolute atomic E-state index is 13.5. The molecular weight excluding hydrogens is 446 g/mol. The van der Waals surface area contributed by atoms with Crippen molar-refractivity contribution in [3.05, 3.63) is 72.3 Å². The summed E-state index contributed by atoms with van der Waals surface area (Å²) >= 11 is 0. The van der Waals surface area contributed by atoms with Gasteiger partial charge in [0.2, 0.25) is 5.91 Å². The number of ether oxygens (including phenoxy) is 2. The lowest BCUT2D eigenvalue weighted by Gasteiger charge is -2.31. The minimum absolute atomic E-state index is 0.102. The second kappa shape index (κ2) is 12.6. The van der Waals surface area contributed by atoms with Gasteiger partial charge in [-0.15, -0.1) is 6.58 Å². The number of carbonyl (C=O) groups is 3. The van der Waals surface area contributed by atoms with Gasteiger partial charge in [-0.25, -0.2) is 4.79 Å². The van der Waals surface area contributed by atoms with Crippen LogP contribution in [-0.4, -0.2) is 48.6 Å². The van der Waals surface area contributed by atoms with Gasteiger partial charge < -0.3 is 25.0 Å². The smallest absolute Gasteiger partial charge is 0.408 e. The van der Waals surface area contributed by atoms with Gasteiger partial charge in [0.25, 0.3) is 5.91 Å². The highest BCUT2D eigenvalue weighted by Gasteiger charge is 2.31. The van der Waals surface area contributed by atoms with E-state index < -0.39 is 29.6 Å². The van der Waals surface area contributed by atoms with Crippen molar-refractivity contribution in [2.45, 2.75) is 45.8 Å². The van der Waals surface area contributed by atoms with Gasteiger partial charge in [-0.2, -0.15) is 0 Å². The van der Waals surface area contributed by atoms with Crippen LogP contribution in [0.15, 0.2) is 61.2 Å². The van der Waals surface area contributed by atoms with Crippen LogP contribution >= 0.6 is 0 Å². The number of hydrogen-bond acceptors (Lipinski definition) is 5. The summed E-state index contributed by atoms with van der Waals surface area (Å²) in [5.41, 5.74) is 1.61. The number of anilines is 1. The summed E-state index contributed by atoms with van der Waals surface area (Å²) in [7, 11) is 1.56. The molecular formula is C27H35N3O5. The van der Waals surface area contributed by atoms with Crippen LogP contribution < -0.4 is 15.4 Å². The van der Waals surface area contributed by atoms with Gasteiger partial charge in [-0.05, 0) is 62.6 Å². The van der Waals surface area contributed by atoms with Crippen molar-refractivity contribution < 1.29 is 23.9 Å². The third-order valence-corrected chi connectivity index (χ3v) is 5.05. The number of alkyl carbamates (subject to hydrolysis) is 1. The fourth-order valence-electron chi connectivity index (χ4n) is 3.35. The molecule has 0 saturated heterocycles. The molecule has 0 aliphatic heterocycles. The first-order chi connectivity index (χ1) is 16.6. The lowest BCUT2D eigenvalue weighted by atomic mass is 10.0. The Bertz CT molecular complexity index is 1010. The summed E-state index contributed by atoms with van der Waals surface area (Å²) in [5.74, 6) is -0.191. The standard InChI is InChI=1S/C27H35N3O5/c1-7-17-30(23(31)18-28-26(33)35-27(3,4)5)24(20-11-9-19(8-2)10-12-20)25(32)29-21-13-15-22(34-6)16-14-21/h7,9-16,24H,1,8,17-18H2,2-6H3,(H,28,33)(H,29,32). The number of nitrogens with one attached hydrogen (secondary N) is 2. The second-order valence-corrected chi connectivity index (χ2v) is 8.91. The molecule has 2 aromatic carbocycles. The Hall–Kier alpha value is -3.81. The number of benzene rings is 2. The molecule has 8 nitrogen and oxygen atoms in total. The van der Waals surface area contributed by atoms with Crippen molar-refractivity contribution in [3.63, 3.8) is 0 Å². The first-order valence-corrected chi connectivity index (χ1v) is 11.5. The van der Waals surface area contributed by atoms with E-state index in [9.17, 15) is 14.4 Å². The van der Waals surface area contributed by atoms with Gasteiger partial charge in [0.1, 0.15) is 23.9 Å². The number of aryl methyl sites for hydroxylation is 1. The van der Waals surface area contributed by atoms with Crippen LogP contribution in [0.4, 0.5) is 10.5 Å². The molecule has 0 saturated carbocycles. The van der Waals surface area contributed by atoms with E-state index in [1.54, 1.807) is 58.2 Å². The zero-order valence-corrected chi connectivity index (χ0v) is 21.1. The maximum atomic E-state index is 13.5. The Kier molecular flexibility index (Phi) is 9.87. The predicted octanol–water partition coefficient (Wildman–Crippen LogP) is 4.48. The Morgan fingerprint density at radius 3 is 2.20 bits per heavy atom. The summed E-state index contributed by atoms with van der Waals surface area (Å²) in [6, 6.07) is 13.5. The van der Waals surface area contributed by atoms with E-state index >= 15 is 0 Å². The first-order valence-electron chi connectivity index (χ1n) is 11.5. The van der Waals surface area contributed by atoms with E-state index in [1.807, 2.05) is 31.2 Å². The van der Waals surface area contributed by atoms with Crippen molar-refractivity contribution >= 4 is 23.6 Å². The molecule has 8 heteroatoms. The van der Waals surface area contributed by atoms with E-state index in [-0.39, 0.29) is 13.1 Å². The molecule has 3 amide bonds. The molecule has 0 bridgehead atoms. The quantitative estimate of drug-likeness (QED) is 0.488. The largest absolute Gasteiger partial charge is 0.497 e. The average Bonchev–Trinajstić information content (AvgIpc) is 2.82. The van der Waals surface area contributed by atoms with Crippen molar-refractivity contribution in [2.75, 3.05) is 25.5 Å². The molecule has 0 aliphatic carbocycles. The van der Waals surface area contributed by atoms with Gasteiger partial charge >= 0.3 is 6.09 Å². The number of amides is 3. The number of rotatable bonds is 10. The van der Waals surface area contributed by atoms with Crippen LogP contribution in [-0.2, 0) is 20.7 Å². The van der Waals surface area contributed by atoms with E-state index in [1.165, 1.54) is 4.90 Å². The van der Waals surface area contributed by atoms with E-state index in [2.05, 4.69) is 17.2 Å². The van der Waals surface area contributed by atoms with Crippen LogP contribution in [0.25, 0.3) is 0 Å². The zero-order valence-electron chi connectivity index (χ0n) is 21.1. The van der Waals surface area contributed by atoms with Gasteiger partial charge in [0, 0.05) is 12.2 Å². The van der Waals surface area contributed by atoms with Gasteiger partial charge in [0.05, 0.1) is 7.11 Å². The van der Waals surface area contributed by atoms with Crippen molar-refractivity contribution in [3.8, 4) is 5.75 Å². The molecule has 2 rings (SSSR count).